The van der Waals surface area contributed by atoms with Crippen LogP contribution < -0.4 is 0 Å². The minimum atomic E-state index is -0.00905. The summed E-state index contributed by atoms with van der Waals surface area (Å²) in [4.78, 5) is 26.7. The van der Waals surface area contributed by atoms with Crippen LogP contribution in [0.2, 0.25) is 0 Å². The molecule has 0 heterocycles. The average Bonchev–Trinajstić information content (AvgIpc) is 3.03. The second kappa shape index (κ2) is 33.5. The van der Waals surface area contributed by atoms with E-state index >= 15 is 0 Å². The van der Waals surface area contributed by atoms with Gasteiger partial charge in [-0.15, -0.1) is 6.54 Å². The molecule has 0 aromatic carbocycles. The van der Waals surface area contributed by atoms with Crippen molar-refractivity contribution in [2.45, 2.75) is 200 Å². The Morgan fingerprint density at radius 2 is 1.07 bits per heavy atom. The standard InChI is InChI=1S/C39H74NO4.Mo/c1-4-7-9-10-13-19-25-35-43-38(41)27-21-15-11-12-17-23-33-40(6-3)34-24-18-14-16-22-28-39(42)44-37-31-29-36(30-32-37)26-20-8-5-2;/h36-37H,3-35H2,1-2H3;/q-1;. The van der Waals surface area contributed by atoms with E-state index in [0.29, 0.717) is 19.4 Å². The van der Waals surface area contributed by atoms with Crippen LogP contribution in [-0.4, -0.2) is 49.2 Å². The minimum absolute atomic E-state index is 0. The molecule has 45 heavy (non-hydrogen) atoms. The van der Waals surface area contributed by atoms with Crippen LogP contribution in [0.4, 0.5) is 0 Å². The third-order valence-corrected chi connectivity index (χ3v) is 9.60. The number of esters is 2. The quantitative estimate of drug-likeness (QED) is 0.0309. The number of carbonyl (C=O) groups excluding carboxylic acids is 2. The van der Waals surface area contributed by atoms with Gasteiger partial charge < -0.3 is 21.3 Å². The predicted molar refractivity (Wildman–Crippen MR) is 187 cm³/mol. The van der Waals surface area contributed by atoms with Crippen LogP contribution in [0.1, 0.15) is 194 Å². The number of ether oxygens (including phenoxy) is 2. The molecule has 0 radical (unpaired) electrons. The summed E-state index contributed by atoms with van der Waals surface area (Å²) < 4.78 is 11.2. The van der Waals surface area contributed by atoms with Gasteiger partial charge in [0.05, 0.1) is 6.61 Å². The van der Waals surface area contributed by atoms with Gasteiger partial charge in [-0.3, -0.25) is 9.59 Å². The van der Waals surface area contributed by atoms with E-state index in [2.05, 4.69) is 25.7 Å². The van der Waals surface area contributed by atoms with Gasteiger partial charge in [0, 0.05) is 33.9 Å². The van der Waals surface area contributed by atoms with Crippen molar-refractivity contribution < 1.29 is 40.1 Å². The van der Waals surface area contributed by atoms with Gasteiger partial charge in [0.25, 0.3) is 0 Å². The fourth-order valence-corrected chi connectivity index (χ4v) is 6.57. The molecule has 1 saturated carbocycles. The van der Waals surface area contributed by atoms with Crippen molar-refractivity contribution in [3.8, 4) is 0 Å². The number of unbranched alkanes of at least 4 members (excludes halogenated alkanes) is 17. The molecule has 0 saturated heterocycles. The third-order valence-electron chi connectivity index (χ3n) is 9.60. The Kier molecular flexibility index (Phi) is 33.2. The maximum absolute atomic E-state index is 12.3. The van der Waals surface area contributed by atoms with Crippen LogP contribution in [0.25, 0.3) is 0 Å². The van der Waals surface area contributed by atoms with Crippen LogP contribution in [0.15, 0.2) is 0 Å². The fraction of sp³-hybridized carbons (Fsp3) is 0.923. The molecule has 1 aliphatic rings. The molecule has 1 rings (SSSR count). The van der Waals surface area contributed by atoms with Gasteiger partial charge in [-0.05, 0) is 76.8 Å². The monoisotopic (exact) mass is 718 g/mol. The predicted octanol–water partition coefficient (Wildman–Crippen LogP) is 11.2. The van der Waals surface area contributed by atoms with E-state index in [-0.39, 0.29) is 39.1 Å². The Labute approximate surface area is 294 Å². The zero-order valence-corrected chi connectivity index (χ0v) is 32.0. The summed E-state index contributed by atoms with van der Waals surface area (Å²) in [5.41, 5.74) is 0. The molecule has 1 fully saturated rings. The van der Waals surface area contributed by atoms with Crippen molar-refractivity contribution in [1.29, 1.82) is 0 Å². The Morgan fingerprint density at radius 1 is 0.600 bits per heavy atom. The first-order chi connectivity index (χ1) is 21.6. The first kappa shape index (κ1) is 44.6. The summed E-state index contributed by atoms with van der Waals surface area (Å²) in [5, 5.41) is 0. The van der Waals surface area contributed by atoms with Crippen molar-refractivity contribution >= 4 is 11.9 Å². The Hall–Kier alpha value is -0.412. The molecular weight excluding hydrogens is 642 g/mol. The summed E-state index contributed by atoms with van der Waals surface area (Å²) in [6.07, 6.45) is 32.9. The van der Waals surface area contributed by atoms with Gasteiger partial charge in [-0.25, -0.2) is 0 Å². The summed E-state index contributed by atoms with van der Waals surface area (Å²) in [6, 6.07) is 0. The molecule has 0 atom stereocenters. The molecule has 266 valence electrons. The summed E-state index contributed by atoms with van der Waals surface area (Å²) in [5.74, 6) is 0.879. The van der Waals surface area contributed by atoms with Crippen molar-refractivity contribution in [3.05, 3.63) is 6.92 Å². The normalized spacial score (nSPS) is 16.4. The van der Waals surface area contributed by atoms with E-state index in [1.54, 1.807) is 0 Å². The maximum atomic E-state index is 12.3. The fourth-order valence-electron chi connectivity index (χ4n) is 6.57. The van der Waals surface area contributed by atoms with Gasteiger partial charge in [-0.2, -0.15) is 0 Å². The Bertz CT molecular complexity index is 653. The molecule has 0 aromatic rings. The van der Waals surface area contributed by atoms with Crippen molar-refractivity contribution in [3.63, 3.8) is 0 Å². The van der Waals surface area contributed by atoms with E-state index in [9.17, 15) is 9.59 Å². The molecule has 0 bridgehead atoms. The maximum Gasteiger partial charge on any atom is 0.306 e. The van der Waals surface area contributed by atoms with Crippen LogP contribution in [0, 0.1) is 12.8 Å². The number of nitrogens with zero attached hydrogens (tertiary/aromatic N) is 1. The van der Waals surface area contributed by atoms with Crippen LogP contribution in [0.5, 0.6) is 0 Å². The second-order valence-corrected chi connectivity index (χ2v) is 13.7. The number of hydrogen-bond donors (Lipinski definition) is 0. The van der Waals surface area contributed by atoms with Crippen molar-refractivity contribution in [2.24, 2.45) is 5.92 Å². The van der Waals surface area contributed by atoms with Gasteiger partial charge in [0.1, 0.15) is 6.10 Å². The minimum Gasteiger partial charge on any atom is -0.466 e. The Balaban J connectivity index is 0.0000194. The van der Waals surface area contributed by atoms with Crippen LogP contribution in [0.3, 0.4) is 0 Å². The van der Waals surface area contributed by atoms with E-state index in [0.717, 1.165) is 70.5 Å². The van der Waals surface area contributed by atoms with Gasteiger partial charge in [0.15, 0.2) is 0 Å². The number of hydrogen-bond acceptors (Lipinski definition) is 5. The van der Waals surface area contributed by atoms with E-state index < -0.39 is 0 Å². The van der Waals surface area contributed by atoms with Crippen LogP contribution >= 0.6 is 0 Å². The molecule has 5 nitrogen and oxygen atoms in total. The van der Waals surface area contributed by atoms with Gasteiger partial charge in [0.2, 0.25) is 0 Å². The average molecular weight is 717 g/mol. The van der Waals surface area contributed by atoms with Gasteiger partial charge in [-0.1, -0.05) is 123 Å². The Morgan fingerprint density at radius 3 is 1.62 bits per heavy atom. The molecule has 0 aliphatic heterocycles. The van der Waals surface area contributed by atoms with Crippen LogP contribution in [-0.2, 0) is 40.1 Å². The van der Waals surface area contributed by atoms with E-state index in [1.807, 2.05) is 0 Å². The largest absolute Gasteiger partial charge is 0.466 e. The third kappa shape index (κ3) is 28.3. The number of rotatable bonds is 31. The smallest absolute Gasteiger partial charge is 0.306 e. The van der Waals surface area contributed by atoms with Crippen molar-refractivity contribution in [1.82, 2.24) is 4.90 Å². The first-order valence-corrected chi connectivity index (χ1v) is 19.5. The SMILES string of the molecule is [CH2-]CN(CCCCCCCCC(=O)OCCCCCCCCC)CCCCCCCC(=O)OC1CCC(CCCCC)CC1.[Mo]. The molecule has 0 amide bonds. The van der Waals surface area contributed by atoms with E-state index in [4.69, 9.17) is 9.47 Å². The van der Waals surface area contributed by atoms with Gasteiger partial charge >= 0.3 is 11.9 Å². The zero-order valence-electron chi connectivity index (χ0n) is 30.0. The summed E-state index contributed by atoms with van der Waals surface area (Å²) >= 11 is 0. The van der Waals surface area contributed by atoms with Crippen molar-refractivity contribution in [2.75, 3.05) is 26.2 Å². The molecule has 1 aliphatic carbocycles. The molecule has 6 heteroatoms. The number of carbonyl (C=O) groups is 2. The molecule has 0 aromatic heterocycles. The molecular formula is C39H74MoNO4-. The van der Waals surface area contributed by atoms with E-state index in [1.165, 1.54) is 122 Å². The zero-order chi connectivity index (χ0) is 31.9. The second-order valence-electron chi connectivity index (χ2n) is 13.7. The molecule has 0 unspecified atom stereocenters. The molecule has 0 spiro atoms. The molecule has 0 N–H and O–H groups in total. The topological polar surface area (TPSA) is 55.8 Å². The first-order valence-electron chi connectivity index (χ1n) is 19.5. The summed E-state index contributed by atoms with van der Waals surface area (Å²) in [6.45, 7) is 12.4. The summed E-state index contributed by atoms with van der Waals surface area (Å²) in [7, 11) is 0.